The van der Waals surface area contributed by atoms with Crippen LogP contribution in [0.15, 0.2) is 0 Å². The Balaban J connectivity index is 2.23. The van der Waals surface area contributed by atoms with Gasteiger partial charge in [0.15, 0.2) is 5.78 Å². The lowest BCUT2D eigenvalue weighted by Crippen LogP contribution is -2.61. The van der Waals surface area contributed by atoms with E-state index < -0.39 is 42.6 Å². The summed E-state index contributed by atoms with van der Waals surface area (Å²) in [4.78, 5) is 36.1. The lowest BCUT2D eigenvalue weighted by molar-refractivity contribution is -0.217. The highest BCUT2D eigenvalue weighted by Gasteiger charge is 2.55. The third-order valence-corrected chi connectivity index (χ3v) is 4.96. The van der Waals surface area contributed by atoms with Gasteiger partial charge in [0.1, 0.15) is 6.61 Å². The first-order valence-electron chi connectivity index (χ1n) is 10.2. The number of aliphatic hydroxyl groups excluding tert-OH is 2. The van der Waals surface area contributed by atoms with Crippen LogP contribution in [0, 0.1) is 0 Å². The van der Waals surface area contributed by atoms with Gasteiger partial charge in [-0.15, -0.1) is 0 Å². The van der Waals surface area contributed by atoms with Gasteiger partial charge in [-0.2, -0.15) is 0 Å². The van der Waals surface area contributed by atoms with Crippen molar-refractivity contribution in [3.05, 3.63) is 0 Å². The minimum absolute atomic E-state index is 0.0315. The van der Waals surface area contributed by atoms with Crippen molar-refractivity contribution in [1.29, 1.82) is 0 Å². The Morgan fingerprint density at radius 1 is 0.926 bits per heavy atom. The van der Waals surface area contributed by atoms with Crippen molar-refractivity contribution in [2.24, 2.45) is 0 Å². The third kappa shape index (κ3) is 7.22. The normalized spacial score (nSPS) is 22.4. The molecule has 0 saturated carbocycles. The molecule has 1 saturated heterocycles. The summed E-state index contributed by atoms with van der Waals surface area (Å²) in [7, 11) is 0. The van der Waals surface area contributed by atoms with Crippen molar-refractivity contribution in [2.45, 2.75) is 95.7 Å². The number of aliphatic hydroxyl groups is 2. The molecule has 1 aliphatic rings. The molecule has 2 N–H and O–H groups in total. The van der Waals surface area contributed by atoms with E-state index in [0.717, 1.165) is 19.3 Å². The Bertz CT molecular complexity index is 477. The zero-order valence-corrected chi connectivity index (χ0v) is 16.4. The first-order chi connectivity index (χ1) is 13.0. The standard InChI is InChI=1S/C20H34O7/c1-2-3-4-5-6-7-8-9-10-11-12-13-17(23)20(15-22)19(25)26-16(14-21)18(24)27-20/h16,21-22H,2-15H2,1H3. The number of ketones is 1. The maximum Gasteiger partial charge on any atom is 0.362 e. The lowest BCUT2D eigenvalue weighted by atomic mass is 9.93. The number of carbonyl (C=O) groups excluding carboxylic acids is 3. The van der Waals surface area contributed by atoms with Crippen molar-refractivity contribution < 1.29 is 34.1 Å². The number of Topliss-reactive ketones (excluding diaryl/α,β-unsaturated/α-hetero) is 1. The van der Waals surface area contributed by atoms with Crippen LogP contribution in [-0.4, -0.2) is 52.9 Å². The van der Waals surface area contributed by atoms with E-state index >= 15 is 0 Å². The Kier molecular flexibility index (Phi) is 11.2. The average Bonchev–Trinajstić information content (AvgIpc) is 2.67. The van der Waals surface area contributed by atoms with E-state index in [1.54, 1.807) is 0 Å². The van der Waals surface area contributed by atoms with Crippen LogP contribution in [0.3, 0.4) is 0 Å². The Labute approximate surface area is 161 Å². The molecule has 1 aliphatic heterocycles. The molecule has 1 rings (SSSR count). The Morgan fingerprint density at radius 2 is 1.44 bits per heavy atom. The second-order valence-electron chi connectivity index (χ2n) is 7.19. The average molecular weight is 386 g/mol. The maximum atomic E-state index is 12.4. The van der Waals surface area contributed by atoms with Crippen LogP contribution >= 0.6 is 0 Å². The molecular formula is C20H34O7. The summed E-state index contributed by atoms with van der Waals surface area (Å²) in [5, 5.41) is 18.4. The molecule has 2 unspecified atom stereocenters. The molecule has 7 heteroatoms. The summed E-state index contributed by atoms with van der Waals surface area (Å²) >= 11 is 0. The Hall–Kier alpha value is -1.47. The van der Waals surface area contributed by atoms with E-state index in [1.165, 1.54) is 44.9 Å². The van der Waals surface area contributed by atoms with Crippen LogP contribution in [0.2, 0.25) is 0 Å². The molecule has 156 valence electrons. The number of unbranched alkanes of at least 4 members (excludes halogenated alkanes) is 10. The number of hydrogen-bond acceptors (Lipinski definition) is 7. The quantitative estimate of drug-likeness (QED) is 0.253. The summed E-state index contributed by atoms with van der Waals surface area (Å²) < 4.78 is 9.62. The van der Waals surface area contributed by atoms with Crippen LogP contribution in [0.25, 0.3) is 0 Å². The predicted molar refractivity (Wildman–Crippen MR) is 99.0 cm³/mol. The summed E-state index contributed by atoms with van der Waals surface area (Å²) in [6, 6.07) is 0. The summed E-state index contributed by atoms with van der Waals surface area (Å²) in [6.45, 7) is 0.533. The van der Waals surface area contributed by atoms with E-state index in [0.29, 0.717) is 6.42 Å². The zero-order chi connectivity index (χ0) is 20.1. The second kappa shape index (κ2) is 12.8. The van der Waals surface area contributed by atoms with Crippen LogP contribution in [-0.2, 0) is 23.9 Å². The summed E-state index contributed by atoms with van der Waals surface area (Å²) in [6.07, 6.45) is 11.0. The van der Waals surface area contributed by atoms with Crippen molar-refractivity contribution in [2.75, 3.05) is 13.2 Å². The van der Waals surface area contributed by atoms with Crippen LogP contribution < -0.4 is 0 Å². The number of cyclic esters (lactones) is 2. The van der Waals surface area contributed by atoms with Gasteiger partial charge in [-0.1, -0.05) is 71.1 Å². The van der Waals surface area contributed by atoms with E-state index in [-0.39, 0.29) is 6.42 Å². The molecule has 0 aromatic heterocycles. The van der Waals surface area contributed by atoms with Gasteiger partial charge in [0.25, 0.3) is 5.60 Å². The van der Waals surface area contributed by atoms with Crippen molar-refractivity contribution in [1.82, 2.24) is 0 Å². The highest BCUT2D eigenvalue weighted by molar-refractivity contribution is 6.10. The second-order valence-corrected chi connectivity index (χ2v) is 7.19. The van der Waals surface area contributed by atoms with Gasteiger partial charge in [-0.25, -0.2) is 9.59 Å². The van der Waals surface area contributed by atoms with Gasteiger partial charge in [0, 0.05) is 6.42 Å². The molecule has 0 aromatic rings. The monoisotopic (exact) mass is 386 g/mol. The fourth-order valence-corrected chi connectivity index (χ4v) is 3.17. The molecule has 1 fully saturated rings. The van der Waals surface area contributed by atoms with Crippen molar-refractivity contribution in [3.8, 4) is 0 Å². The van der Waals surface area contributed by atoms with Crippen LogP contribution in [0.5, 0.6) is 0 Å². The third-order valence-electron chi connectivity index (χ3n) is 4.96. The fourth-order valence-electron chi connectivity index (χ4n) is 3.17. The van der Waals surface area contributed by atoms with Gasteiger partial charge in [0.2, 0.25) is 6.10 Å². The first kappa shape index (κ1) is 23.6. The van der Waals surface area contributed by atoms with Crippen LogP contribution in [0.4, 0.5) is 0 Å². The molecule has 1 heterocycles. The van der Waals surface area contributed by atoms with Gasteiger partial charge in [-0.05, 0) is 6.42 Å². The van der Waals surface area contributed by atoms with Gasteiger partial charge in [0.05, 0.1) is 6.61 Å². The van der Waals surface area contributed by atoms with Crippen molar-refractivity contribution >= 4 is 17.7 Å². The maximum absolute atomic E-state index is 12.4. The van der Waals surface area contributed by atoms with E-state index in [4.69, 9.17) is 14.6 Å². The molecule has 0 aliphatic carbocycles. The number of rotatable bonds is 15. The predicted octanol–water partition coefficient (Wildman–Crippen LogP) is 2.45. The van der Waals surface area contributed by atoms with Gasteiger partial charge in [-0.3, -0.25) is 4.79 Å². The molecule has 7 nitrogen and oxygen atoms in total. The topological polar surface area (TPSA) is 110 Å². The molecule has 0 aromatic carbocycles. The molecule has 0 spiro atoms. The van der Waals surface area contributed by atoms with Gasteiger partial charge >= 0.3 is 11.9 Å². The summed E-state index contributed by atoms with van der Waals surface area (Å²) in [5.74, 6) is -2.79. The SMILES string of the molecule is CCCCCCCCCCCCCC(=O)C1(CO)OC(=O)C(CO)OC1=O. The minimum atomic E-state index is -2.28. The summed E-state index contributed by atoms with van der Waals surface area (Å²) in [5.41, 5.74) is -2.28. The molecule has 0 bridgehead atoms. The fraction of sp³-hybridized carbons (Fsp3) is 0.850. The number of hydrogen-bond donors (Lipinski definition) is 2. The van der Waals surface area contributed by atoms with Gasteiger partial charge < -0.3 is 19.7 Å². The van der Waals surface area contributed by atoms with Crippen LogP contribution in [0.1, 0.15) is 84.0 Å². The van der Waals surface area contributed by atoms with Crippen molar-refractivity contribution in [3.63, 3.8) is 0 Å². The van der Waals surface area contributed by atoms with E-state index in [9.17, 15) is 19.5 Å². The number of carbonyl (C=O) groups is 3. The molecule has 2 atom stereocenters. The largest absolute Gasteiger partial charge is 0.444 e. The molecule has 0 radical (unpaired) electrons. The lowest BCUT2D eigenvalue weighted by Gasteiger charge is -2.34. The molecule has 0 amide bonds. The Morgan fingerprint density at radius 3 is 1.93 bits per heavy atom. The highest BCUT2D eigenvalue weighted by Crippen LogP contribution is 2.25. The molecule has 27 heavy (non-hydrogen) atoms. The first-order valence-corrected chi connectivity index (χ1v) is 10.2. The van der Waals surface area contributed by atoms with E-state index in [1.807, 2.05) is 0 Å². The zero-order valence-electron chi connectivity index (χ0n) is 16.4. The minimum Gasteiger partial charge on any atom is -0.444 e. The van der Waals surface area contributed by atoms with E-state index in [2.05, 4.69) is 6.92 Å². The highest BCUT2D eigenvalue weighted by atomic mass is 16.7. The number of esters is 2. The molecular weight excluding hydrogens is 352 g/mol. The number of ether oxygens (including phenoxy) is 2. The smallest absolute Gasteiger partial charge is 0.362 e.